The Kier molecular flexibility index (Phi) is 3.16. The van der Waals surface area contributed by atoms with Gasteiger partial charge in [0.05, 0.1) is 0 Å². The first-order valence-electron chi connectivity index (χ1n) is 6.01. The van der Waals surface area contributed by atoms with Crippen LogP contribution in [0.5, 0.6) is 0 Å². The van der Waals surface area contributed by atoms with Crippen LogP contribution in [0.15, 0.2) is 12.2 Å². The van der Waals surface area contributed by atoms with Crippen LogP contribution in [0.2, 0.25) is 0 Å². The molecule has 1 N–H and O–H groups in total. The summed E-state index contributed by atoms with van der Waals surface area (Å²) in [6.45, 7) is 1.39. The molecule has 1 atom stereocenters. The number of hydrogen-bond acceptors (Lipinski definition) is 5. The normalized spacial score (nSPS) is 21.9. The molecule has 0 bridgehead atoms. The highest BCUT2D eigenvalue weighted by atomic mass is 16.4. The number of aliphatic carboxylic acids is 1. The zero-order valence-electron chi connectivity index (χ0n) is 10.7. The number of amides is 4. The first-order valence-corrected chi connectivity index (χ1v) is 6.01. The molecule has 1 saturated heterocycles. The zero-order valence-corrected chi connectivity index (χ0v) is 10.7. The Labute approximate surface area is 113 Å². The third-order valence-corrected chi connectivity index (χ3v) is 3.44. The monoisotopic (exact) mass is 280 g/mol. The fraction of sp³-hybridized carbons (Fsp3) is 0.417. The largest absolute Gasteiger partial charge is 0.478 e. The Morgan fingerprint density at radius 2 is 1.55 bits per heavy atom. The Morgan fingerprint density at radius 3 is 1.90 bits per heavy atom. The molecule has 0 aliphatic carbocycles. The van der Waals surface area contributed by atoms with E-state index in [1.165, 1.54) is 6.92 Å². The van der Waals surface area contributed by atoms with Gasteiger partial charge >= 0.3 is 5.97 Å². The molecule has 8 nitrogen and oxygen atoms in total. The summed E-state index contributed by atoms with van der Waals surface area (Å²) in [4.78, 5) is 59.9. The summed E-state index contributed by atoms with van der Waals surface area (Å²) < 4.78 is 0. The number of imide groups is 2. The van der Waals surface area contributed by atoms with Crippen molar-refractivity contribution in [3.63, 3.8) is 0 Å². The van der Waals surface area contributed by atoms with Crippen LogP contribution in [0.3, 0.4) is 0 Å². The van der Waals surface area contributed by atoms with E-state index >= 15 is 0 Å². The highest BCUT2D eigenvalue weighted by molar-refractivity contribution is 6.17. The average Bonchev–Trinajstić information content (AvgIpc) is 2.89. The molecule has 106 valence electrons. The van der Waals surface area contributed by atoms with Crippen molar-refractivity contribution in [1.82, 2.24) is 9.80 Å². The maximum Gasteiger partial charge on any atom is 0.351 e. The molecule has 0 aromatic rings. The third-order valence-electron chi connectivity index (χ3n) is 3.44. The highest BCUT2D eigenvalue weighted by Crippen LogP contribution is 2.33. The third kappa shape index (κ3) is 1.64. The van der Waals surface area contributed by atoms with Crippen LogP contribution in [-0.2, 0) is 24.0 Å². The van der Waals surface area contributed by atoms with Crippen LogP contribution >= 0.6 is 0 Å². The molecule has 0 aromatic heterocycles. The van der Waals surface area contributed by atoms with Crippen molar-refractivity contribution in [2.45, 2.75) is 31.8 Å². The van der Waals surface area contributed by atoms with Crippen molar-refractivity contribution in [3.8, 4) is 0 Å². The molecule has 2 aliphatic heterocycles. The van der Waals surface area contributed by atoms with E-state index in [0.717, 1.165) is 12.2 Å². The van der Waals surface area contributed by atoms with E-state index in [2.05, 4.69) is 0 Å². The summed E-state index contributed by atoms with van der Waals surface area (Å²) in [5.74, 6) is -4.70. The van der Waals surface area contributed by atoms with Gasteiger partial charge in [0.1, 0.15) is 0 Å². The molecule has 0 aromatic carbocycles. The number of hydrogen-bond donors (Lipinski definition) is 1. The van der Waals surface area contributed by atoms with Gasteiger partial charge in [-0.2, -0.15) is 0 Å². The second-order valence-corrected chi connectivity index (χ2v) is 4.44. The van der Waals surface area contributed by atoms with Crippen molar-refractivity contribution in [3.05, 3.63) is 12.2 Å². The smallest absolute Gasteiger partial charge is 0.351 e. The minimum atomic E-state index is -2.29. The van der Waals surface area contributed by atoms with Crippen molar-refractivity contribution in [2.75, 3.05) is 0 Å². The van der Waals surface area contributed by atoms with Crippen LogP contribution in [0.4, 0.5) is 0 Å². The summed E-state index contributed by atoms with van der Waals surface area (Å²) in [7, 11) is 0. The maximum atomic E-state index is 11.8. The summed E-state index contributed by atoms with van der Waals surface area (Å²) in [5, 5.41) is 9.50. The van der Waals surface area contributed by atoms with E-state index < -0.39 is 35.3 Å². The van der Waals surface area contributed by atoms with Crippen molar-refractivity contribution >= 4 is 29.6 Å². The van der Waals surface area contributed by atoms with Crippen LogP contribution < -0.4 is 0 Å². The summed E-state index contributed by atoms with van der Waals surface area (Å²) in [6.07, 6.45) is 1.30. The molecule has 2 heterocycles. The minimum absolute atomic E-state index is 0.127. The van der Waals surface area contributed by atoms with E-state index in [1.807, 2.05) is 0 Å². The topological polar surface area (TPSA) is 112 Å². The molecule has 8 heteroatoms. The first kappa shape index (κ1) is 13.9. The number of carbonyl (C=O) groups excluding carboxylic acids is 4. The highest BCUT2D eigenvalue weighted by Gasteiger charge is 2.58. The molecular formula is C12H12N2O6. The van der Waals surface area contributed by atoms with Crippen LogP contribution in [0, 0.1) is 0 Å². The van der Waals surface area contributed by atoms with Gasteiger partial charge in [0, 0.05) is 25.0 Å². The summed E-state index contributed by atoms with van der Waals surface area (Å²) in [5.41, 5.74) is -2.29. The second kappa shape index (κ2) is 4.55. The van der Waals surface area contributed by atoms with E-state index in [4.69, 9.17) is 0 Å². The van der Waals surface area contributed by atoms with E-state index in [0.29, 0.717) is 9.80 Å². The van der Waals surface area contributed by atoms with Gasteiger partial charge in [0.2, 0.25) is 17.5 Å². The molecule has 1 fully saturated rings. The van der Waals surface area contributed by atoms with E-state index in [1.54, 1.807) is 0 Å². The number of carboxylic acid groups (broad SMARTS) is 1. The lowest BCUT2D eigenvalue weighted by molar-refractivity contribution is -0.182. The van der Waals surface area contributed by atoms with Crippen LogP contribution in [0.1, 0.15) is 26.2 Å². The second-order valence-electron chi connectivity index (χ2n) is 4.44. The minimum Gasteiger partial charge on any atom is -0.478 e. The van der Waals surface area contributed by atoms with E-state index in [9.17, 15) is 29.1 Å². The lowest BCUT2D eigenvalue weighted by Gasteiger charge is -2.41. The Bertz CT molecular complexity index is 528. The Balaban J connectivity index is 2.60. The molecule has 4 amide bonds. The summed E-state index contributed by atoms with van der Waals surface area (Å²) in [6, 6.07) is 0. The van der Waals surface area contributed by atoms with Gasteiger partial charge in [-0.3, -0.25) is 19.2 Å². The number of carboxylic acids is 1. The van der Waals surface area contributed by atoms with Crippen molar-refractivity contribution in [1.29, 1.82) is 0 Å². The van der Waals surface area contributed by atoms with Gasteiger partial charge in [-0.05, 0) is 6.42 Å². The molecule has 20 heavy (non-hydrogen) atoms. The molecule has 2 rings (SSSR count). The standard InChI is InChI=1S/C12H12N2O6/c1-2-12(11(19)20,13-7(15)3-4-8(13)16)14-9(17)5-6-10(14)18/h3-4H,2,5-6H2,1H3,(H,19,20). The van der Waals surface area contributed by atoms with Crippen molar-refractivity contribution in [2.24, 2.45) is 0 Å². The molecule has 0 spiro atoms. The average molecular weight is 280 g/mol. The molecular weight excluding hydrogens is 268 g/mol. The zero-order chi connectivity index (χ0) is 15.1. The molecule has 0 radical (unpaired) electrons. The number of rotatable bonds is 4. The van der Waals surface area contributed by atoms with Gasteiger partial charge in [-0.1, -0.05) is 6.92 Å². The lowest BCUT2D eigenvalue weighted by atomic mass is 10.0. The molecule has 2 aliphatic rings. The summed E-state index contributed by atoms with van der Waals surface area (Å²) >= 11 is 0. The first-order chi connectivity index (χ1) is 9.36. The van der Waals surface area contributed by atoms with Gasteiger partial charge in [-0.15, -0.1) is 0 Å². The lowest BCUT2D eigenvalue weighted by Crippen LogP contribution is -2.68. The Hall–Kier alpha value is -2.51. The molecule has 0 saturated carbocycles. The fourth-order valence-corrected chi connectivity index (χ4v) is 2.51. The number of likely N-dealkylation sites (tertiary alicyclic amines) is 1. The van der Waals surface area contributed by atoms with Crippen molar-refractivity contribution < 1.29 is 29.1 Å². The van der Waals surface area contributed by atoms with E-state index in [-0.39, 0.29) is 19.3 Å². The van der Waals surface area contributed by atoms with Crippen LogP contribution in [-0.4, -0.2) is 50.2 Å². The van der Waals surface area contributed by atoms with Gasteiger partial charge < -0.3 is 5.11 Å². The predicted molar refractivity (Wildman–Crippen MR) is 62.7 cm³/mol. The molecule has 1 unspecified atom stereocenters. The Morgan fingerprint density at radius 1 is 1.10 bits per heavy atom. The maximum absolute atomic E-state index is 11.8. The quantitative estimate of drug-likeness (QED) is 0.678. The number of nitrogens with zero attached hydrogens (tertiary/aromatic N) is 2. The van der Waals surface area contributed by atoms with Crippen LogP contribution in [0.25, 0.3) is 0 Å². The van der Waals surface area contributed by atoms with Gasteiger partial charge in [0.25, 0.3) is 11.8 Å². The number of carbonyl (C=O) groups is 5. The fourth-order valence-electron chi connectivity index (χ4n) is 2.51. The van der Waals surface area contributed by atoms with Gasteiger partial charge in [-0.25, -0.2) is 14.6 Å². The SMILES string of the molecule is CCC(C(=O)O)(N1C(=O)C=CC1=O)N1C(=O)CCC1=O. The predicted octanol–water partition coefficient (Wildman–Crippen LogP) is -0.749. The van der Waals surface area contributed by atoms with Gasteiger partial charge in [0.15, 0.2) is 0 Å².